The van der Waals surface area contributed by atoms with Crippen LogP contribution in [0.5, 0.6) is 0 Å². The Morgan fingerprint density at radius 1 is 1.32 bits per heavy atom. The molecule has 1 aliphatic rings. The smallest absolute Gasteiger partial charge is 0.224 e. The Balaban J connectivity index is 1.35. The van der Waals surface area contributed by atoms with Crippen LogP contribution in [0.1, 0.15) is 36.6 Å². The number of imidazole rings is 1. The van der Waals surface area contributed by atoms with Gasteiger partial charge in [0.25, 0.3) is 0 Å². The lowest BCUT2D eigenvalue weighted by Crippen LogP contribution is -2.38. The fourth-order valence-corrected chi connectivity index (χ4v) is 3.44. The molecule has 8 nitrogen and oxygen atoms in total. The summed E-state index contributed by atoms with van der Waals surface area (Å²) in [6, 6.07) is 6.20. The molecule has 1 aromatic carbocycles. The summed E-state index contributed by atoms with van der Waals surface area (Å²) < 4.78 is 1.58. The van der Waals surface area contributed by atoms with E-state index in [9.17, 15) is 4.79 Å². The van der Waals surface area contributed by atoms with E-state index in [1.165, 1.54) is 11.9 Å². The molecular formula is C17H21N7O. The Morgan fingerprint density at radius 2 is 2.16 bits per heavy atom. The van der Waals surface area contributed by atoms with Gasteiger partial charge in [-0.05, 0) is 41.8 Å². The Hall–Kier alpha value is -2.77. The van der Waals surface area contributed by atoms with Gasteiger partial charge in [0.2, 0.25) is 5.91 Å². The number of amides is 1. The van der Waals surface area contributed by atoms with E-state index in [2.05, 4.69) is 39.6 Å². The molecule has 3 heterocycles. The number of carbonyl (C=O) groups excluding carboxylic acids is 1. The minimum atomic E-state index is 0.161. The minimum Gasteiger partial charge on any atom is -0.343 e. The van der Waals surface area contributed by atoms with Gasteiger partial charge < -0.3 is 9.88 Å². The molecule has 0 atom stereocenters. The van der Waals surface area contributed by atoms with E-state index >= 15 is 0 Å². The quantitative estimate of drug-likeness (QED) is 0.780. The van der Waals surface area contributed by atoms with E-state index in [4.69, 9.17) is 4.98 Å². The lowest BCUT2D eigenvalue weighted by Gasteiger charge is -2.31. The highest BCUT2D eigenvalue weighted by Crippen LogP contribution is 2.28. The lowest BCUT2D eigenvalue weighted by atomic mass is 9.96. The fraction of sp³-hybridized carbons (Fsp3) is 0.471. The minimum absolute atomic E-state index is 0.161. The molecule has 0 unspecified atom stereocenters. The number of nitrogens with one attached hydrogen (secondary N) is 1. The summed E-state index contributed by atoms with van der Waals surface area (Å²) in [5.41, 5.74) is 3.34. The van der Waals surface area contributed by atoms with Gasteiger partial charge in [-0.15, -0.1) is 5.10 Å². The Morgan fingerprint density at radius 3 is 2.88 bits per heavy atom. The van der Waals surface area contributed by atoms with Crippen molar-refractivity contribution in [1.29, 1.82) is 0 Å². The number of H-pyrrole nitrogens is 1. The van der Waals surface area contributed by atoms with E-state index in [0.717, 1.165) is 42.8 Å². The lowest BCUT2D eigenvalue weighted by molar-refractivity contribution is -0.132. The molecule has 3 aromatic rings. The third-order valence-corrected chi connectivity index (χ3v) is 4.91. The van der Waals surface area contributed by atoms with Crippen LogP contribution in [0, 0.1) is 6.92 Å². The number of hydrogen-bond donors (Lipinski definition) is 1. The molecule has 1 saturated heterocycles. The first-order chi connectivity index (χ1) is 12.2. The predicted molar refractivity (Wildman–Crippen MR) is 91.8 cm³/mol. The average molecular weight is 339 g/mol. The maximum absolute atomic E-state index is 12.3. The topological polar surface area (TPSA) is 92.6 Å². The summed E-state index contributed by atoms with van der Waals surface area (Å²) in [5, 5.41) is 10.9. The van der Waals surface area contributed by atoms with Crippen LogP contribution in [0.4, 0.5) is 0 Å². The number of fused-ring (bicyclic) bond motifs is 1. The number of piperidine rings is 1. The third-order valence-electron chi connectivity index (χ3n) is 4.91. The first kappa shape index (κ1) is 15.7. The van der Waals surface area contributed by atoms with Crippen LogP contribution >= 0.6 is 0 Å². The maximum atomic E-state index is 12.3. The number of rotatable bonds is 4. The second-order valence-electron chi connectivity index (χ2n) is 6.57. The monoisotopic (exact) mass is 339 g/mol. The first-order valence-corrected chi connectivity index (χ1v) is 8.64. The van der Waals surface area contributed by atoms with Gasteiger partial charge in [0.05, 0.1) is 17.6 Å². The summed E-state index contributed by atoms with van der Waals surface area (Å²) >= 11 is 0. The van der Waals surface area contributed by atoms with E-state index in [1.54, 1.807) is 4.68 Å². The van der Waals surface area contributed by atoms with Gasteiger partial charge in [0, 0.05) is 25.4 Å². The second-order valence-corrected chi connectivity index (χ2v) is 6.57. The molecule has 1 N–H and O–H groups in total. The molecule has 1 fully saturated rings. The Labute approximate surface area is 145 Å². The molecule has 0 spiro atoms. The van der Waals surface area contributed by atoms with Crippen molar-refractivity contribution in [1.82, 2.24) is 35.1 Å². The summed E-state index contributed by atoms with van der Waals surface area (Å²) in [6.45, 7) is 4.15. The standard InChI is InChI=1S/C17H21N7O/c1-12-3-2-4-14-16(12)20-17(19-14)13-5-8-23(9-6-13)15(25)7-10-24-11-18-21-22-24/h2-4,11,13H,5-10H2,1H3,(H,19,20). The number of likely N-dealkylation sites (tertiary alicyclic amines) is 1. The highest BCUT2D eigenvalue weighted by atomic mass is 16.2. The number of aromatic amines is 1. The van der Waals surface area contributed by atoms with Gasteiger partial charge in [0.1, 0.15) is 12.2 Å². The Bertz CT molecular complexity index is 862. The second kappa shape index (κ2) is 6.62. The zero-order chi connectivity index (χ0) is 17.2. The van der Waals surface area contributed by atoms with Crippen molar-refractivity contribution < 1.29 is 4.79 Å². The largest absolute Gasteiger partial charge is 0.343 e. The van der Waals surface area contributed by atoms with E-state index in [1.807, 2.05) is 11.0 Å². The highest BCUT2D eigenvalue weighted by molar-refractivity contribution is 5.78. The van der Waals surface area contributed by atoms with Gasteiger partial charge in [-0.1, -0.05) is 12.1 Å². The third kappa shape index (κ3) is 3.24. The molecule has 0 saturated carbocycles. The number of nitrogens with zero attached hydrogens (tertiary/aromatic N) is 6. The van der Waals surface area contributed by atoms with Crippen molar-refractivity contribution in [2.75, 3.05) is 13.1 Å². The van der Waals surface area contributed by atoms with Gasteiger partial charge in [-0.25, -0.2) is 9.67 Å². The SMILES string of the molecule is Cc1cccc2[nH]c(C3CCN(C(=O)CCn4cnnn4)CC3)nc12. The van der Waals surface area contributed by atoms with Crippen LogP contribution < -0.4 is 0 Å². The van der Waals surface area contributed by atoms with Crippen molar-refractivity contribution >= 4 is 16.9 Å². The van der Waals surface area contributed by atoms with Crippen molar-refractivity contribution in [3.8, 4) is 0 Å². The molecule has 0 radical (unpaired) electrons. The number of tetrazole rings is 1. The fourth-order valence-electron chi connectivity index (χ4n) is 3.44. The molecule has 25 heavy (non-hydrogen) atoms. The van der Waals surface area contributed by atoms with Crippen molar-refractivity contribution in [2.24, 2.45) is 0 Å². The molecule has 8 heteroatoms. The zero-order valence-electron chi connectivity index (χ0n) is 14.2. The van der Waals surface area contributed by atoms with E-state index < -0.39 is 0 Å². The normalized spacial score (nSPS) is 15.8. The predicted octanol–water partition coefficient (Wildman–Crippen LogP) is 1.65. The van der Waals surface area contributed by atoms with Gasteiger partial charge in [-0.2, -0.15) is 0 Å². The molecule has 0 aliphatic carbocycles. The van der Waals surface area contributed by atoms with Crippen LogP contribution in [0.3, 0.4) is 0 Å². The summed E-state index contributed by atoms with van der Waals surface area (Å²) in [5.74, 6) is 1.59. The summed E-state index contributed by atoms with van der Waals surface area (Å²) in [4.78, 5) is 22.5. The Kier molecular flexibility index (Phi) is 4.17. The summed E-state index contributed by atoms with van der Waals surface area (Å²) in [7, 11) is 0. The van der Waals surface area contributed by atoms with Crippen LogP contribution in [-0.4, -0.2) is 54.1 Å². The van der Waals surface area contributed by atoms with Crippen LogP contribution in [0.15, 0.2) is 24.5 Å². The highest BCUT2D eigenvalue weighted by Gasteiger charge is 2.25. The van der Waals surface area contributed by atoms with Crippen LogP contribution in [0.25, 0.3) is 11.0 Å². The van der Waals surface area contributed by atoms with Gasteiger partial charge in [0.15, 0.2) is 0 Å². The summed E-state index contributed by atoms with van der Waals surface area (Å²) in [6.07, 6.45) is 3.84. The molecule has 2 aromatic heterocycles. The van der Waals surface area contributed by atoms with E-state index in [0.29, 0.717) is 18.9 Å². The van der Waals surface area contributed by atoms with Crippen molar-refractivity contribution in [3.63, 3.8) is 0 Å². The molecule has 4 rings (SSSR count). The van der Waals surface area contributed by atoms with Crippen molar-refractivity contribution in [3.05, 3.63) is 35.9 Å². The van der Waals surface area contributed by atoms with E-state index in [-0.39, 0.29) is 5.91 Å². The number of carbonyl (C=O) groups is 1. The zero-order valence-corrected chi connectivity index (χ0v) is 14.2. The van der Waals surface area contributed by atoms with Crippen LogP contribution in [0.2, 0.25) is 0 Å². The maximum Gasteiger partial charge on any atom is 0.224 e. The molecular weight excluding hydrogens is 318 g/mol. The molecule has 130 valence electrons. The molecule has 0 bridgehead atoms. The number of benzene rings is 1. The first-order valence-electron chi connectivity index (χ1n) is 8.64. The number of hydrogen-bond acceptors (Lipinski definition) is 5. The molecule has 1 aliphatic heterocycles. The van der Waals surface area contributed by atoms with Crippen LogP contribution in [-0.2, 0) is 11.3 Å². The van der Waals surface area contributed by atoms with Gasteiger partial charge in [-0.3, -0.25) is 4.79 Å². The number of aromatic nitrogens is 6. The van der Waals surface area contributed by atoms with Crippen molar-refractivity contribution in [2.45, 2.75) is 38.6 Å². The van der Waals surface area contributed by atoms with Gasteiger partial charge >= 0.3 is 0 Å². The molecule has 1 amide bonds. The number of para-hydroxylation sites is 1. The number of aryl methyl sites for hydroxylation is 2. The average Bonchev–Trinajstić information content (AvgIpc) is 3.30.